The van der Waals surface area contributed by atoms with Crippen molar-refractivity contribution in [2.24, 2.45) is 0 Å². The van der Waals surface area contributed by atoms with Crippen LogP contribution < -0.4 is 0 Å². The van der Waals surface area contributed by atoms with Gasteiger partial charge in [-0.25, -0.2) is 9.59 Å². The summed E-state index contributed by atoms with van der Waals surface area (Å²) < 4.78 is 9.89. The summed E-state index contributed by atoms with van der Waals surface area (Å²) in [4.78, 5) is 23.4. The maximum Gasteiger partial charge on any atom is 0.348 e. The summed E-state index contributed by atoms with van der Waals surface area (Å²) in [5.74, 6) is -2.90. The molecule has 1 aliphatic rings. The standard InChI is InChI=1S/C13H11ClO5/c1-13(2)18-11(16)9(12(17)19-13)6-7-5-8(15)3-4-10(7)14/h3-6,15H,1-2H3. The Hall–Kier alpha value is -2.01. The van der Waals surface area contributed by atoms with Crippen LogP contribution in [0.3, 0.4) is 0 Å². The van der Waals surface area contributed by atoms with Crippen LogP contribution in [0.15, 0.2) is 23.8 Å². The first kappa shape index (κ1) is 13.4. The maximum atomic E-state index is 11.7. The summed E-state index contributed by atoms with van der Waals surface area (Å²) >= 11 is 5.91. The second kappa shape index (κ2) is 4.59. The number of hydrogen-bond donors (Lipinski definition) is 1. The van der Waals surface area contributed by atoms with Crippen molar-refractivity contribution in [2.45, 2.75) is 19.6 Å². The van der Waals surface area contributed by atoms with Crippen LogP contribution in [0, 0.1) is 0 Å². The van der Waals surface area contributed by atoms with E-state index in [-0.39, 0.29) is 16.3 Å². The van der Waals surface area contributed by atoms with E-state index in [0.717, 1.165) is 0 Å². The summed E-state index contributed by atoms with van der Waals surface area (Å²) in [5.41, 5.74) is 0.0529. The van der Waals surface area contributed by atoms with Gasteiger partial charge in [-0.2, -0.15) is 0 Å². The Bertz CT molecular complexity index is 567. The molecule has 1 aromatic rings. The van der Waals surface area contributed by atoms with Crippen LogP contribution in [0.4, 0.5) is 0 Å². The Kier molecular flexibility index (Phi) is 3.24. The molecule has 0 unspecified atom stereocenters. The molecule has 1 saturated heterocycles. The average Bonchev–Trinajstić information content (AvgIpc) is 2.26. The van der Waals surface area contributed by atoms with Crippen molar-refractivity contribution >= 4 is 29.6 Å². The molecule has 1 N–H and O–H groups in total. The van der Waals surface area contributed by atoms with Gasteiger partial charge in [0, 0.05) is 18.9 Å². The smallest absolute Gasteiger partial charge is 0.348 e. The molecule has 5 nitrogen and oxygen atoms in total. The van der Waals surface area contributed by atoms with Crippen molar-refractivity contribution in [1.29, 1.82) is 0 Å². The lowest BCUT2D eigenvalue weighted by atomic mass is 10.1. The highest BCUT2D eigenvalue weighted by atomic mass is 35.5. The minimum absolute atomic E-state index is 0.0332. The quantitative estimate of drug-likeness (QED) is 0.486. The molecule has 0 aliphatic carbocycles. The zero-order valence-corrected chi connectivity index (χ0v) is 11.0. The number of esters is 2. The molecule has 0 aromatic heterocycles. The predicted molar refractivity (Wildman–Crippen MR) is 67.4 cm³/mol. The maximum absolute atomic E-state index is 11.7. The zero-order valence-electron chi connectivity index (χ0n) is 10.3. The molecule has 0 saturated carbocycles. The number of carbonyl (C=O) groups is 2. The summed E-state index contributed by atoms with van der Waals surface area (Å²) in [6.45, 7) is 2.92. The molecule has 1 aromatic carbocycles. The second-order valence-corrected chi connectivity index (χ2v) is 4.85. The first-order valence-corrected chi connectivity index (χ1v) is 5.83. The fraction of sp³-hybridized carbons (Fsp3) is 0.231. The highest BCUT2D eigenvalue weighted by molar-refractivity contribution is 6.32. The second-order valence-electron chi connectivity index (χ2n) is 4.44. The van der Waals surface area contributed by atoms with Gasteiger partial charge in [-0.3, -0.25) is 0 Å². The highest BCUT2D eigenvalue weighted by Crippen LogP contribution is 2.27. The van der Waals surface area contributed by atoms with Gasteiger partial charge < -0.3 is 14.6 Å². The molecule has 0 radical (unpaired) electrons. The third-order valence-electron chi connectivity index (χ3n) is 2.40. The molecule has 6 heteroatoms. The van der Waals surface area contributed by atoms with E-state index in [9.17, 15) is 14.7 Å². The van der Waals surface area contributed by atoms with Crippen LogP contribution in [-0.4, -0.2) is 22.8 Å². The molecule has 0 amide bonds. The lowest BCUT2D eigenvalue weighted by Gasteiger charge is -2.29. The molecular formula is C13H11ClO5. The van der Waals surface area contributed by atoms with Crippen LogP contribution in [0.5, 0.6) is 5.75 Å². The molecule has 1 aliphatic heterocycles. The van der Waals surface area contributed by atoms with Crippen LogP contribution in [0.25, 0.3) is 6.08 Å². The van der Waals surface area contributed by atoms with Crippen LogP contribution >= 0.6 is 11.6 Å². The number of benzene rings is 1. The number of ether oxygens (including phenoxy) is 2. The fourth-order valence-corrected chi connectivity index (χ4v) is 1.75. The Morgan fingerprint density at radius 3 is 2.37 bits per heavy atom. The van der Waals surface area contributed by atoms with E-state index in [0.29, 0.717) is 5.56 Å². The van der Waals surface area contributed by atoms with Gasteiger partial charge in [0.15, 0.2) is 0 Å². The van der Waals surface area contributed by atoms with Gasteiger partial charge in [0.25, 0.3) is 5.79 Å². The molecule has 2 rings (SSSR count). The topological polar surface area (TPSA) is 72.8 Å². The third-order valence-corrected chi connectivity index (χ3v) is 2.74. The van der Waals surface area contributed by atoms with Gasteiger partial charge >= 0.3 is 11.9 Å². The van der Waals surface area contributed by atoms with Crippen molar-refractivity contribution in [2.75, 3.05) is 0 Å². The van der Waals surface area contributed by atoms with E-state index in [1.54, 1.807) is 0 Å². The fourth-order valence-electron chi connectivity index (χ4n) is 1.58. The van der Waals surface area contributed by atoms with Crippen LogP contribution in [-0.2, 0) is 19.1 Å². The Morgan fingerprint density at radius 2 is 1.79 bits per heavy atom. The average molecular weight is 283 g/mol. The Morgan fingerprint density at radius 1 is 1.21 bits per heavy atom. The molecule has 1 heterocycles. The Labute approximate surface area is 114 Å². The van der Waals surface area contributed by atoms with Crippen molar-refractivity contribution in [3.05, 3.63) is 34.4 Å². The van der Waals surface area contributed by atoms with E-state index in [2.05, 4.69) is 0 Å². The van der Waals surface area contributed by atoms with Gasteiger partial charge in [-0.1, -0.05) is 11.6 Å². The zero-order chi connectivity index (χ0) is 14.2. The van der Waals surface area contributed by atoms with E-state index in [4.69, 9.17) is 21.1 Å². The van der Waals surface area contributed by atoms with Gasteiger partial charge in [0.05, 0.1) is 0 Å². The van der Waals surface area contributed by atoms with Crippen LogP contribution in [0.1, 0.15) is 19.4 Å². The minimum atomic E-state index is -1.28. The monoisotopic (exact) mass is 282 g/mol. The highest BCUT2D eigenvalue weighted by Gasteiger charge is 2.38. The van der Waals surface area contributed by atoms with Crippen molar-refractivity contribution in [3.63, 3.8) is 0 Å². The number of carbonyl (C=O) groups excluding carboxylic acids is 2. The molecule has 0 atom stereocenters. The van der Waals surface area contributed by atoms with Gasteiger partial charge in [0.1, 0.15) is 11.3 Å². The van der Waals surface area contributed by atoms with Crippen LogP contribution in [0.2, 0.25) is 5.02 Å². The molecular weight excluding hydrogens is 272 g/mol. The van der Waals surface area contributed by atoms with Crippen molar-refractivity contribution in [3.8, 4) is 5.75 Å². The number of hydrogen-bond acceptors (Lipinski definition) is 5. The summed E-state index contributed by atoms with van der Waals surface area (Å²) in [5, 5.41) is 9.65. The number of halogens is 1. The van der Waals surface area contributed by atoms with Gasteiger partial charge in [0.2, 0.25) is 0 Å². The summed E-state index contributed by atoms with van der Waals surface area (Å²) in [6.07, 6.45) is 1.22. The normalized spacial score (nSPS) is 17.7. The number of phenolic OH excluding ortho intramolecular Hbond substituents is 1. The number of rotatable bonds is 1. The minimum Gasteiger partial charge on any atom is -0.508 e. The van der Waals surface area contributed by atoms with Gasteiger partial charge in [-0.15, -0.1) is 0 Å². The third kappa shape index (κ3) is 2.88. The first-order chi connectivity index (χ1) is 8.78. The number of aromatic hydroxyl groups is 1. The molecule has 0 spiro atoms. The SMILES string of the molecule is CC1(C)OC(=O)C(=Cc2cc(O)ccc2Cl)C(=O)O1. The van der Waals surface area contributed by atoms with Crippen molar-refractivity contribution in [1.82, 2.24) is 0 Å². The summed E-state index contributed by atoms with van der Waals surface area (Å²) in [6, 6.07) is 4.17. The lowest BCUT2D eigenvalue weighted by Crippen LogP contribution is -2.41. The summed E-state index contributed by atoms with van der Waals surface area (Å²) in [7, 11) is 0. The first-order valence-electron chi connectivity index (χ1n) is 5.45. The van der Waals surface area contributed by atoms with Gasteiger partial charge in [-0.05, 0) is 29.8 Å². The molecule has 100 valence electrons. The predicted octanol–water partition coefficient (Wildman–Crippen LogP) is 2.27. The lowest BCUT2D eigenvalue weighted by molar-refractivity contribution is -0.222. The number of phenols is 1. The molecule has 19 heavy (non-hydrogen) atoms. The van der Waals surface area contributed by atoms with E-state index in [1.807, 2.05) is 0 Å². The Balaban J connectivity index is 2.41. The molecule has 1 fully saturated rings. The molecule has 0 bridgehead atoms. The van der Waals surface area contributed by atoms with E-state index in [1.165, 1.54) is 38.1 Å². The van der Waals surface area contributed by atoms with Crippen molar-refractivity contribution < 1.29 is 24.2 Å². The van der Waals surface area contributed by atoms with E-state index < -0.39 is 17.7 Å². The number of cyclic esters (lactones) is 2. The van der Waals surface area contributed by atoms with E-state index >= 15 is 0 Å². The largest absolute Gasteiger partial charge is 0.508 e.